The Balaban J connectivity index is 2.22. The zero-order chi connectivity index (χ0) is 14.9. The van der Waals surface area contributed by atoms with Crippen LogP contribution in [0.4, 0.5) is 4.79 Å². The molecule has 1 saturated heterocycles. The Kier molecular flexibility index (Phi) is 3.79. The second kappa shape index (κ2) is 5.23. The van der Waals surface area contributed by atoms with E-state index in [1.54, 1.807) is 13.0 Å². The van der Waals surface area contributed by atoms with Crippen molar-refractivity contribution in [2.75, 3.05) is 6.61 Å². The summed E-state index contributed by atoms with van der Waals surface area (Å²) in [6.07, 6.45) is 4.71. The number of carbonyl (C=O) groups excluding carboxylic acids is 3. The van der Waals surface area contributed by atoms with Gasteiger partial charge in [0.25, 0.3) is 0 Å². The molecule has 1 heterocycles. The summed E-state index contributed by atoms with van der Waals surface area (Å²) in [6.45, 7) is 7.69. The molecule has 1 aliphatic heterocycles. The predicted octanol–water partition coefficient (Wildman–Crippen LogP) is 2.43. The van der Waals surface area contributed by atoms with Gasteiger partial charge in [-0.3, -0.25) is 9.59 Å². The number of hydrogen-bond donors (Lipinski definition) is 0. The highest BCUT2D eigenvalue weighted by Gasteiger charge is 2.60. The Morgan fingerprint density at radius 2 is 2.25 bits per heavy atom. The third-order valence-electron chi connectivity index (χ3n) is 4.13. The van der Waals surface area contributed by atoms with Gasteiger partial charge in [-0.15, -0.1) is 0 Å². The van der Waals surface area contributed by atoms with E-state index in [2.05, 4.69) is 6.58 Å². The van der Waals surface area contributed by atoms with E-state index in [9.17, 15) is 14.4 Å². The van der Waals surface area contributed by atoms with Crippen LogP contribution in [0.5, 0.6) is 0 Å². The fourth-order valence-electron chi connectivity index (χ4n) is 2.64. The number of carbonyl (C=O) groups is 3. The molecule has 0 radical (unpaired) electrons. The maximum atomic E-state index is 12.5. The molecule has 0 N–H and O–H groups in total. The smallest absolute Gasteiger partial charge is 0.423 e. The molecular formula is C15H19NO4. The van der Waals surface area contributed by atoms with Gasteiger partial charge in [-0.1, -0.05) is 32.1 Å². The van der Waals surface area contributed by atoms with Crippen LogP contribution in [-0.4, -0.2) is 29.4 Å². The lowest BCUT2D eigenvalue weighted by Crippen LogP contribution is -2.40. The van der Waals surface area contributed by atoms with E-state index < -0.39 is 29.2 Å². The standard InChI is InChI=1S/C15H19NO4/c1-4-5-9-20-14(19)16-12(17)11-8-6-7-10(2)15(11,3)13(16)18/h6-7,11H,2,4-5,8-9H2,1,3H3. The second-order valence-corrected chi connectivity index (χ2v) is 5.36. The molecule has 2 rings (SSSR count). The summed E-state index contributed by atoms with van der Waals surface area (Å²) in [4.78, 5) is 37.4. The maximum Gasteiger partial charge on any atom is 0.423 e. The SMILES string of the molecule is C=C1C=CCC2C(=O)N(C(=O)OCCCC)C(=O)C12C. The number of allylic oxidation sites excluding steroid dienone is 2. The summed E-state index contributed by atoms with van der Waals surface area (Å²) in [5.74, 6) is -1.56. The van der Waals surface area contributed by atoms with E-state index in [1.165, 1.54) is 0 Å². The molecule has 0 aromatic rings. The van der Waals surface area contributed by atoms with Crippen molar-refractivity contribution in [3.8, 4) is 0 Å². The molecule has 1 fully saturated rings. The van der Waals surface area contributed by atoms with Crippen LogP contribution in [0, 0.1) is 11.3 Å². The highest BCUT2D eigenvalue weighted by molar-refractivity contribution is 6.18. The minimum Gasteiger partial charge on any atom is -0.449 e. The van der Waals surface area contributed by atoms with Crippen molar-refractivity contribution >= 4 is 17.9 Å². The Morgan fingerprint density at radius 1 is 1.55 bits per heavy atom. The van der Waals surface area contributed by atoms with Gasteiger partial charge in [-0.2, -0.15) is 4.90 Å². The molecule has 2 atom stereocenters. The summed E-state index contributed by atoms with van der Waals surface area (Å²) in [6, 6.07) is 0. The fraction of sp³-hybridized carbons (Fsp3) is 0.533. The number of hydrogen-bond acceptors (Lipinski definition) is 4. The monoisotopic (exact) mass is 277 g/mol. The zero-order valence-corrected chi connectivity index (χ0v) is 11.8. The average Bonchev–Trinajstić information content (AvgIpc) is 2.61. The highest BCUT2D eigenvalue weighted by atomic mass is 16.6. The molecule has 5 heteroatoms. The molecular weight excluding hydrogens is 258 g/mol. The predicted molar refractivity (Wildman–Crippen MR) is 72.6 cm³/mol. The number of likely N-dealkylation sites (tertiary alicyclic amines) is 1. The van der Waals surface area contributed by atoms with Crippen LogP contribution >= 0.6 is 0 Å². The van der Waals surface area contributed by atoms with E-state index in [1.807, 2.05) is 13.0 Å². The number of unbranched alkanes of at least 4 members (excludes halogenated alkanes) is 1. The maximum absolute atomic E-state index is 12.5. The normalized spacial score (nSPS) is 28.8. The van der Waals surface area contributed by atoms with Gasteiger partial charge in [0.1, 0.15) is 0 Å². The van der Waals surface area contributed by atoms with E-state index in [0.29, 0.717) is 23.3 Å². The van der Waals surface area contributed by atoms with Gasteiger partial charge in [0.05, 0.1) is 17.9 Å². The fourth-order valence-corrected chi connectivity index (χ4v) is 2.64. The van der Waals surface area contributed by atoms with Crippen LogP contribution in [0.1, 0.15) is 33.1 Å². The van der Waals surface area contributed by atoms with Gasteiger partial charge in [-0.05, 0) is 25.3 Å². The summed E-state index contributed by atoms with van der Waals surface area (Å²) >= 11 is 0. The third-order valence-corrected chi connectivity index (χ3v) is 4.13. The molecule has 0 spiro atoms. The molecule has 0 aromatic carbocycles. The molecule has 0 aromatic heterocycles. The highest BCUT2D eigenvalue weighted by Crippen LogP contribution is 2.48. The minimum atomic E-state index is -1.02. The first-order valence-electron chi connectivity index (χ1n) is 6.85. The third kappa shape index (κ3) is 1.97. The van der Waals surface area contributed by atoms with Gasteiger partial charge in [0, 0.05) is 0 Å². The van der Waals surface area contributed by atoms with Crippen molar-refractivity contribution < 1.29 is 19.1 Å². The van der Waals surface area contributed by atoms with E-state index in [-0.39, 0.29) is 6.61 Å². The lowest BCUT2D eigenvalue weighted by molar-refractivity contribution is -0.138. The quantitative estimate of drug-likeness (QED) is 0.587. The first-order valence-corrected chi connectivity index (χ1v) is 6.85. The van der Waals surface area contributed by atoms with E-state index in [0.717, 1.165) is 6.42 Å². The number of fused-ring (bicyclic) bond motifs is 1. The Hall–Kier alpha value is -1.91. The Morgan fingerprint density at radius 3 is 2.85 bits per heavy atom. The Bertz CT molecular complexity index is 508. The summed E-state index contributed by atoms with van der Waals surface area (Å²) < 4.78 is 4.99. The largest absolute Gasteiger partial charge is 0.449 e. The van der Waals surface area contributed by atoms with Crippen molar-refractivity contribution in [1.82, 2.24) is 4.90 Å². The van der Waals surface area contributed by atoms with Crippen molar-refractivity contribution in [3.05, 3.63) is 24.3 Å². The van der Waals surface area contributed by atoms with Crippen LogP contribution < -0.4 is 0 Å². The number of nitrogens with zero attached hydrogens (tertiary/aromatic N) is 1. The number of amides is 3. The summed E-state index contributed by atoms with van der Waals surface area (Å²) in [5, 5.41) is 0. The molecule has 20 heavy (non-hydrogen) atoms. The Labute approximate surface area is 118 Å². The molecule has 3 amide bonds. The molecule has 5 nitrogen and oxygen atoms in total. The van der Waals surface area contributed by atoms with Crippen LogP contribution in [-0.2, 0) is 14.3 Å². The number of ether oxygens (including phenoxy) is 1. The van der Waals surface area contributed by atoms with E-state index in [4.69, 9.17) is 4.74 Å². The molecule has 1 aliphatic carbocycles. The van der Waals surface area contributed by atoms with Crippen LogP contribution in [0.15, 0.2) is 24.3 Å². The first kappa shape index (κ1) is 14.5. The van der Waals surface area contributed by atoms with Gasteiger partial charge in [0.15, 0.2) is 0 Å². The summed E-state index contributed by atoms with van der Waals surface area (Å²) in [7, 11) is 0. The van der Waals surface area contributed by atoms with Crippen LogP contribution in [0.3, 0.4) is 0 Å². The number of rotatable bonds is 3. The topological polar surface area (TPSA) is 63.7 Å². The van der Waals surface area contributed by atoms with Crippen LogP contribution in [0.25, 0.3) is 0 Å². The van der Waals surface area contributed by atoms with Crippen molar-refractivity contribution in [2.24, 2.45) is 11.3 Å². The van der Waals surface area contributed by atoms with Crippen molar-refractivity contribution in [1.29, 1.82) is 0 Å². The first-order chi connectivity index (χ1) is 9.44. The molecule has 0 saturated carbocycles. The zero-order valence-electron chi connectivity index (χ0n) is 11.8. The molecule has 2 aliphatic rings. The summed E-state index contributed by atoms with van der Waals surface area (Å²) in [5.41, 5.74) is -0.453. The van der Waals surface area contributed by atoms with Gasteiger partial charge in [0.2, 0.25) is 11.8 Å². The van der Waals surface area contributed by atoms with Crippen molar-refractivity contribution in [3.63, 3.8) is 0 Å². The average molecular weight is 277 g/mol. The van der Waals surface area contributed by atoms with Gasteiger partial charge < -0.3 is 4.74 Å². The second-order valence-electron chi connectivity index (χ2n) is 5.36. The van der Waals surface area contributed by atoms with E-state index >= 15 is 0 Å². The number of imide groups is 3. The lowest BCUT2D eigenvalue weighted by Gasteiger charge is -2.30. The lowest BCUT2D eigenvalue weighted by atomic mass is 9.69. The van der Waals surface area contributed by atoms with Gasteiger partial charge >= 0.3 is 6.09 Å². The van der Waals surface area contributed by atoms with Crippen LogP contribution in [0.2, 0.25) is 0 Å². The molecule has 0 bridgehead atoms. The minimum absolute atomic E-state index is 0.215. The van der Waals surface area contributed by atoms with Crippen molar-refractivity contribution in [2.45, 2.75) is 33.1 Å². The van der Waals surface area contributed by atoms with Gasteiger partial charge in [-0.25, -0.2) is 4.79 Å². The molecule has 2 unspecified atom stereocenters. The molecule has 108 valence electrons.